The number of carbonyl (C=O) groups is 1. The lowest BCUT2D eigenvalue weighted by molar-refractivity contribution is 0.0601. The Morgan fingerprint density at radius 2 is 1.96 bits per heavy atom. The van der Waals surface area contributed by atoms with Crippen molar-refractivity contribution < 1.29 is 9.21 Å². The zero-order valence-electron chi connectivity index (χ0n) is 14.0. The van der Waals surface area contributed by atoms with Gasteiger partial charge in [-0.05, 0) is 50.3 Å². The summed E-state index contributed by atoms with van der Waals surface area (Å²) in [6.45, 7) is 5.65. The summed E-state index contributed by atoms with van der Waals surface area (Å²) in [7, 11) is 0. The van der Waals surface area contributed by atoms with E-state index >= 15 is 0 Å². The first-order valence-electron chi connectivity index (χ1n) is 8.70. The third-order valence-electron chi connectivity index (χ3n) is 5.46. The fourth-order valence-corrected chi connectivity index (χ4v) is 3.86. The van der Waals surface area contributed by atoms with E-state index in [-0.39, 0.29) is 5.91 Å². The van der Waals surface area contributed by atoms with E-state index in [1.807, 2.05) is 42.2 Å². The molecule has 0 radical (unpaired) electrons. The zero-order valence-corrected chi connectivity index (χ0v) is 14.0. The first-order valence-corrected chi connectivity index (χ1v) is 8.70. The van der Waals surface area contributed by atoms with Crippen LogP contribution in [-0.2, 0) is 0 Å². The normalized spacial score (nSPS) is 19.8. The van der Waals surface area contributed by atoms with Gasteiger partial charge in [0, 0.05) is 25.2 Å². The van der Waals surface area contributed by atoms with Gasteiger partial charge >= 0.3 is 0 Å². The molecule has 126 valence electrons. The average Bonchev–Trinajstić information content (AvgIpc) is 3.23. The van der Waals surface area contributed by atoms with Gasteiger partial charge in [-0.15, -0.1) is 0 Å². The molecule has 1 aromatic heterocycles. The second-order valence-electron chi connectivity index (χ2n) is 7.01. The van der Waals surface area contributed by atoms with Gasteiger partial charge in [0.15, 0.2) is 5.69 Å². The van der Waals surface area contributed by atoms with Crippen molar-refractivity contribution in [1.29, 1.82) is 0 Å². The van der Waals surface area contributed by atoms with E-state index < -0.39 is 0 Å². The van der Waals surface area contributed by atoms with Crippen LogP contribution in [-0.4, -0.2) is 42.0 Å². The molecular weight excluding hydrogens is 302 g/mol. The Bertz CT molecular complexity index is 722. The van der Waals surface area contributed by atoms with E-state index in [1.54, 1.807) is 0 Å². The van der Waals surface area contributed by atoms with Crippen LogP contribution in [0.25, 0.3) is 11.5 Å². The number of piperidine rings is 1. The van der Waals surface area contributed by atoms with E-state index in [9.17, 15) is 4.79 Å². The van der Waals surface area contributed by atoms with Crippen molar-refractivity contribution in [2.24, 2.45) is 5.41 Å². The summed E-state index contributed by atoms with van der Waals surface area (Å²) in [5, 5.41) is 3.46. The third kappa shape index (κ3) is 2.73. The standard InChI is InChI=1S/C19H23N3O2/c1-14-16(21-17(24-14)15-5-3-2-4-6-15)18(23)22-11-8-19(9-12-22)7-10-20-13-19/h2-6,20H,7-13H2,1H3. The summed E-state index contributed by atoms with van der Waals surface area (Å²) < 4.78 is 5.74. The van der Waals surface area contributed by atoms with Gasteiger partial charge in [-0.1, -0.05) is 18.2 Å². The van der Waals surface area contributed by atoms with Crippen molar-refractivity contribution in [2.45, 2.75) is 26.2 Å². The van der Waals surface area contributed by atoms with Crippen molar-refractivity contribution in [1.82, 2.24) is 15.2 Å². The SMILES string of the molecule is Cc1oc(-c2ccccc2)nc1C(=O)N1CCC2(CCNC2)CC1. The largest absolute Gasteiger partial charge is 0.441 e. The topological polar surface area (TPSA) is 58.4 Å². The molecule has 1 aromatic carbocycles. The molecule has 2 fully saturated rings. The van der Waals surface area contributed by atoms with Gasteiger partial charge in [0.1, 0.15) is 5.76 Å². The maximum atomic E-state index is 12.9. The monoisotopic (exact) mass is 325 g/mol. The molecule has 1 N–H and O–H groups in total. The van der Waals surface area contributed by atoms with Crippen LogP contribution in [0.3, 0.4) is 0 Å². The molecule has 2 aromatic rings. The molecule has 0 atom stereocenters. The molecule has 2 saturated heterocycles. The lowest BCUT2D eigenvalue weighted by Crippen LogP contribution is -2.44. The van der Waals surface area contributed by atoms with E-state index in [1.165, 1.54) is 6.42 Å². The number of carbonyl (C=O) groups excluding carboxylic acids is 1. The van der Waals surface area contributed by atoms with Crippen molar-refractivity contribution in [2.75, 3.05) is 26.2 Å². The first kappa shape index (κ1) is 15.4. The number of hydrogen-bond donors (Lipinski definition) is 1. The summed E-state index contributed by atoms with van der Waals surface area (Å²) in [6, 6.07) is 9.72. The maximum Gasteiger partial charge on any atom is 0.276 e. The van der Waals surface area contributed by atoms with Crippen molar-refractivity contribution in [3.05, 3.63) is 41.8 Å². The van der Waals surface area contributed by atoms with E-state index in [4.69, 9.17) is 4.42 Å². The molecule has 0 saturated carbocycles. The highest BCUT2D eigenvalue weighted by Crippen LogP contribution is 2.37. The van der Waals surface area contributed by atoms with Gasteiger partial charge in [-0.3, -0.25) is 4.79 Å². The number of benzene rings is 1. The number of hydrogen-bond acceptors (Lipinski definition) is 4. The molecule has 5 nitrogen and oxygen atoms in total. The molecule has 0 aliphatic carbocycles. The number of oxazole rings is 1. The highest BCUT2D eigenvalue weighted by Gasteiger charge is 2.38. The second kappa shape index (κ2) is 6.06. The number of aryl methyl sites for hydroxylation is 1. The fourth-order valence-electron chi connectivity index (χ4n) is 3.86. The Balaban J connectivity index is 1.50. The number of amides is 1. The summed E-state index contributed by atoms with van der Waals surface area (Å²) in [4.78, 5) is 19.3. The number of rotatable bonds is 2. The second-order valence-corrected chi connectivity index (χ2v) is 7.01. The van der Waals surface area contributed by atoms with Gasteiger partial charge in [-0.25, -0.2) is 4.98 Å². The van der Waals surface area contributed by atoms with Gasteiger partial charge in [-0.2, -0.15) is 0 Å². The van der Waals surface area contributed by atoms with E-state index in [0.29, 0.717) is 22.8 Å². The smallest absolute Gasteiger partial charge is 0.276 e. The predicted octanol–water partition coefficient (Wildman–Crippen LogP) is 2.87. The lowest BCUT2D eigenvalue weighted by Gasteiger charge is -2.38. The molecule has 4 rings (SSSR count). The molecule has 2 aliphatic rings. The lowest BCUT2D eigenvalue weighted by atomic mass is 9.78. The predicted molar refractivity (Wildman–Crippen MR) is 91.7 cm³/mol. The van der Waals surface area contributed by atoms with Crippen molar-refractivity contribution in [3.63, 3.8) is 0 Å². The Kier molecular flexibility index (Phi) is 3.88. The van der Waals surface area contributed by atoms with Crippen LogP contribution in [0.15, 0.2) is 34.7 Å². The fraction of sp³-hybridized carbons (Fsp3) is 0.474. The van der Waals surface area contributed by atoms with Crippen molar-refractivity contribution in [3.8, 4) is 11.5 Å². The molecule has 24 heavy (non-hydrogen) atoms. The van der Waals surface area contributed by atoms with Gasteiger partial charge in [0.25, 0.3) is 5.91 Å². The van der Waals surface area contributed by atoms with Crippen LogP contribution in [0.1, 0.15) is 35.5 Å². The number of nitrogens with one attached hydrogen (secondary N) is 1. The van der Waals surface area contributed by atoms with Crippen LogP contribution < -0.4 is 5.32 Å². The molecular formula is C19H23N3O2. The van der Waals surface area contributed by atoms with Crippen molar-refractivity contribution >= 4 is 5.91 Å². The van der Waals surface area contributed by atoms with Crippen LogP contribution >= 0.6 is 0 Å². The molecule has 3 heterocycles. The quantitative estimate of drug-likeness (QED) is 0.922. The summed E-state index contributed by atoms with van der Waals surface area (Å²) in [5.74, 6) is 1.12. The molecule has 0 unspecified atom stereocenters. The zero-order chi connectivity index (χ0) is 16.6. The highest BCUT2D eigenvalue weighted by molar-refractivity contribution is 5.93. The summed E-state index contributed by atoms with van der Waals surface area (Å²) >= 11 is 0. The van der Waals surface area contributed by atoms with Crippen LogP contribution in [0.2, 0.25) is 0 Å². The summed E-state index contributed by atoms with van der Waals surface area (Å²) in [5.41, 5.74) is 1.76. The summed E-state index contributed by atoms with van der Waals surface area (Å²) in [6.07, 6.45) is 3.39. The average molecular weight is 325 g/mol. The minimum absolute atomic E-state index is 0.000706. The molecule has 2 aliphatic heterocycles. The molecule has 1 amide bonds. The Morgan fingerprint density at radius 1 is 1.21 bits per heavy atom. The Morgan fingerprint density at radius 3 is 2.62 bits per heavy atom. The Hall–Kier alpha value is -2.14. The Labute approximate surface area is 142 Å². The van der Waals surface area contributed by atoms with E-state index in [0.717, 1.165) is 44.6 Å². The highest BCUT2D eigenvalue weighted by atomic mass is 16.4. The number of nitrogens with zero attached hydrogens (tertiary/aromatic N) is 2. The van der Waals surface area contributed by atoms with Gasteiger partial charge in [0.05, 0.1) is 0 Å². The third-order valence-corrected chi connectivity index (χ3v) is 5.46. The van der Waals surface area contributed by atoms with Gasteiger partial charge < -0.3 is 14.6 Å². The maximum absolute atomic E-state index is 12.9. The molecule has 5 heteroatoms. The van der Waals surface area contributed by atoms with Crippen LogP contribution in [0, 0.1) is 12.3 Å². The van der Waals surface area contributed by atoms with Gasteiger partial charge in [0.2, 0.25) is 5.89 Å². The van der Waals surface area contributed by atoms with Crippen LogP contribution in [0.5, 0.6) is 0 Å². The first-order chi connectivity index (χ1) is 11.7. The van der Waals surface area contributed by atoms with E-state index in [2.05, 4.69) is 10.3 Å². The molecule has 0 bridgehead atoms. The van der Waals surface area contributed by atoms with Crippen LogP contribution in [0.4, 0.5) is 0 Å². The minimum atomic E-state index is -0.000706. The molecule has 1 spiro atoms. The number of aromatic nitrogens is 1. The minimum Gasteiger partial charge on any atom is -0.441 e. The number of likely N-dealkylation sites (tertiary alicyclic amines) is 1.